The third-order valence-corrected chi connectivity index (χ3v) is 6.18. The lowest BCUT2D eigenvalue weighted by molar-refractivity contribution is 0.0748. The van der Waals surface area contributed by atoms with Gasteiger partial charge in [-0.05, 0) is 54.3 Å². The van der Waals surface area contributed by atoms with Crippen molar-refractivity contribution >= 4 is 16.9 Å². The van der Waals surface area contributed by atoms with Crippen LogP contribution in [0.25, 0.3) is 11.0 Å². The predicted octanol–water partition coefficient (Wildman–Crippen LogP) is 5.72. The number of nitrogens with zero attached hydrogens (tertiary/aromatic N) is 1. The van der Waals surface area contributed by atoms with Crippen LogP contribution in [0.5, 0.6) is 5.75 Å². The molecule has 2 heterocycles. The molecule has 1 aromatic heterocycles. The summed E-state index contributed by atoms with van der Waals surface area (Å²) in [6.45, 7) is 8.39. The molecule has 1 aliphatic heterocycles. The highest BCUT2D eigenvalue weighted by atomic mass is 16.5. The standard InChI is InChI=1S/C29H25NO4/c1-4-14-30-26(21-10-12-22(13-11-21)33-17-20-8-6-5-7-9-20)25-27(31)24-19(3)15-18(2)16-23(24)34-28(25)29(30)32/h4-13,15-16,26H,1,14,17H2,2-3H3. The van der Waals surface area contributed by atoms with Gasteiger partial charge in [-0.15, -0.1) is 6.58 Å². The first-order chi connectivity index (χ1) is 16.5. The summed E-state index contributed by atoms with van der Waals surface area (Å²) < 4.78 is 12.0. The van der Waals surface area contributed by atoms with Crippen LogP contribution in [0.1, 0.15) is 44.4 Å². The van der Waals surface area contributed by atoms with Crippen LogP contribution >= 0.6 is 0 Å². The molecule has 1 unspecified atom stereocenters. The third-order valence-electron chi connectivity index (χ3n) is 6.18. The fourth-order valence-corrected chi connectivity index (χ4v) is 4.67. The van der Waals surface area contributed by atoms with Crippen LogP contribution in [0, 0.1) is 13.8 Å². The minimum absolute atomic E-state index is 0.110. The van der Waals surface area contributed by atoms with E-state index in [-0.39, 0.29) is 17.1 Å². The summed E-state index contributed by atoms with van der Waals surface area (Å²) in [5.74, 6) is 0.519. The van der Waals surface area contributed by atoms with Crippen molar-refractivity contribution in [3.63, 3.8) is 0 Å². The van der Waals surface area contributed by atoms with E-state index in [9.17, 15) is 9.59 Å². The predicted molar refractivity (Wildman–Crippen MR) is 132 cm³/mol. The molecular weight excluding hydrogens is 426 g/mol. The molecule has 5 heteroatoms. The van der Waals surface area contributed by atoms with E-state index in [0.29, 0.717) is 35.4 Å². The van der Waals surface area contributed by atoms with E-state index in [1.165, 1.54) is 0 Å². The highest BCUT2D eigenvalue weighted by Gasteiger charge is 2.42. The van der Waals surface area contributed by atoms with Crippen molar-refractivity contribution in [1.82, 2.24) is 4.90 Å². The van der Waals surface area contributed by atoms with E-state index in [2.05, 4.69) is 6.58 Å². The van der Waals surface area contributed by atoms with Gasteiger partial charge in [0.05, 0.1) is 17.0 Å². The molecule has 4 aromatic rings. The zero-order chi connectivity index (χ0) is 23.8. The second-order valence-electron chi connectivity index (χ2n) is 8.62. The number of carbonyl (C=O) groups excluding carboxylic acids is 1. The summed E-state index contributed by atoms with van der Waals surface area (Å²) in [5.41, 5.74) is 4.37. The monoisotopic (exact) mass is 451 g/mol. The van der Waals surface area contributed by atoms with Gasteiger partial charge < -0.3 is 14.1 Å². The minimum Gasteiger partial charge on any atom is -0.489 e. The molecule has 5 nitrogen and oxygen atoms in total. The molecule has 1 amide bonds. The Bertz CT molecular complexity index is 1450. The van der Waals surface area contributed by atoms with Crippen LogP contribution in [0.15, 0.2) is 88.6 Å². The maximum atomic E-state index is 13.7. The van der Waals surface area contributed by atoms with Crippen molar-refractivity contribution in [3.8, 4) is 5.75 Å². The van der Waals surface area contributed by atoms with Crippen molar-refractivity contribution in [2.75, 3.05) is 6.54 Å². The number of carbonyl (C=O) groups is 1. The molecule has 0 saturated heterocycles. The summed E-state index contributed by atoms with van der Waals surface area (Å²) in [6.07, 6.45) is 1.66. The number of amides is 1. The second kappa shape index (κ2) is 8.67. The second-order valence-corrected chi connectivity index (χ2v) is 8.62. The smallest absolute Gasteiger partial charge is 0.291 e. The average molecular weight is 452 g/mol. The molecule has 0 radical (unpaired) electrons. The molecule has 0 N–H and O–H groups in total. The van der Waals surface area contributed by atoms with Crippen LogP contribution in [0.3, 0.4) is 0 Å². The summed E-state index contributed by atoms with van der Waals surface area (Å²) in [5, 5.41) is 0.519. The van der Waals surface area contributed by atoms with Crippen LogP contribution in [0.4, 0.5) is 0 Å². The summed E-state index contributed by atoms with van der Waals surface area (Å²) in [4.78, 5) is 28.6. The van der Waals surface area contributed by atoms with Crippen LogP contribution in [-0.4, -0.2) is 17.4 Å². The van der Waals surface area contributed by atoms with Gasteiger partial charge in [0, 0.05) is 6.54 Å². The molecule has 34 heavy (non-hydrogen) atoms. The van der Waals surface area contributed by atoms with Gasteiger partial charge in [-0.2, -0.15) is 0 Å². The van der Waals surface area contributed by atoms with Crippen molar-refractivity contribution in [2.45, 2.75) is 26.5 Å². The van der Waals surface area contributed by atoms with E-state index >= 15 is 0 Å². The molecule has 0 bridgehead atoms. The van der Waals surface area contributed by atoms with Gasteiger partial charge in [-0.25, -0.2) is 0 Å². The third kappa shape index (κ3) is 3.69. The normalized spacial score (nSPS) is 14.9. The lowest BCUT2D eigenvalue weighted by atomic mass is 9.97. The number of ether oxygens (including phenoxy) is 1. The number of fused-ring (bicyclic) bond motifs is 2. The molecule has 0 spiro atoms. The number of rotatable bonds is 6. The van der Waals surface area contributed by atoms with Crippen LogP contribution in [-0.2, 0) is 6.61 Å². The van der Waals surface area contributed by atoms with Crippen molar-refractivity contribution in [1.29, 1.82) is 0 Å². The Labute approximate surface area is 197 Å². The topological polar surface area (TPSA) is 59.8 Å². The Hall–Kier alpha value is -4.12. The summed E-state index contributed by atoms with van der Waals surface area (Å²) >= 11 is 0. The first kappa shape index (κ1) is 21.7. The van der Waals surface area contributed by atoms with E-state index in [1.54, 1.807) is 17.0 Å². The highest BCUT2D eigenvalue weighted by molar-refractivity contribution is 5.99. The molecule has 5 rings (SSSR count). The number of hydrogen-bond acceptors (Lipinski definition) is 4. The largest absolute Gasteiger partial charge is 0.489 e. The summed E-state index contributed by atoms with van der Waals surface area (Å²) in [6, 6.07) is 20.7. The van der Waals surface area contributed by atoms with Gasteiger partial charge in [-0.1, -0.05) is 54.6 Å². The number of hydrogen-bond donors (Lipinski definition) is 0. The minimum atomic E-state index is -0.551. The van der Waals surface area contributed by atoms with Gasteiger partial charge in [0.25, 0.3) is 5.91 Å². The van der Waals surface area contributed by atoms with Gasteiger partial charge >= 0.3 is 0 Å². The molecule has 0 fully saturated rings. The Morgan fingerprint density at radius 2 is 1.76 bits per heavy atom. The fourth-order valence-electron chi connectivity index (χ4n) is 4.67. The molecule has 1 aliphatic rings. The van der Waals surface area contributed by atoms with Crippen molar-refractivity contribution in [2.24, 2.45) is 0 Å². The Morgan fingerprint density at radius 1 is 1.03 bits per heavy atom. The molecule has 1 atom stereocenters. The average Bonchev–Trinajstić information content (AvgIpc) is 3.10. The van der Waals surface area contributed by atoms with E-state index in [1.807, 2.05) is 74.5 Å². The maximum absolute atomic E-state index is 13.7. The van der Waals surface area contributed by atoms with Crippen LogP contribution < -0.4 is 10.2 Å². The Morgan fingerprint density at radius 3 is 2.47 bits per heavy atom. The van der Waals surface area contributed by atoms with Gasteiger partial charge in [0.1, 0.15) is 17.9 Å². The highest BCUT2D eigenvalue weighted by Crippen LogP contribution is 2.39. The molecule has 0 saturated carbocycles. The van der Waals surface area contributed by atoms with Crippen LogP contribution in [0.2, 0.25) is 0 Å². The van der Waals surface area contributed by atoms with Crippen molar-refractivity contribution < 1.29 is 13.9 Å². The maximum Gasteiger partial charge on any atom is 0.291 e. The lowest BCUT2D eigenvalue weighted by Gasteiger charge is -2.24. The summed E-state index contributed by atoms with van der Waals surface area (Å²) in [7, 11) is 0. The van der Waals surface area contributed by atoms with Gasteiger partial charge in [-0.3, -0.25) is 9.59 Å². The Kier molecular flexibility index (Phi) is 5.54. The Balaban J connectivity index is 1.56. The number of aryl methyl sites for hydroxylation is 2. The van der Waals surface area contributed by atoms with Crippen molar-refractivity contribution in [3.05, 3.63) is 123 Å². The molecule has 3 aromatic carbocycles. The molecule has 0 aliphatic carbocycles. The molecule has 170 valence electrons. The lowest BCUT2D eigenvalue weighted by Crippen LogP contribution is -2.29. The molecular formula is C29H25NO4. The zero-order valence-corrected chi connectivity index (χ0v) is 19.2. The van der Waals surface area contributed by atoms with E-state index < -0.39 is 6.04 Å². The SMILES string of the molecule is C=CCN1C(=O)c2oc3cc(C)cc(C)c3c(=O)c2C1c1ccc(OCc2ccccc2)cc1. The fraction of sp³-hybridized carbons (Fsp3) is 0.172. The van der Waals surface area contributed by atoms with Gasteiger partial charge in [0.15, 0.2) is 5.43 Å². The van der Waals surface area contributed by atoms with E-state index in [0.717, 1.165) is 22.3 Å². The first-order valence-electron chi connectivity index (χ1n) is 11.2. The van der Waals surface area contributed by atoms with Gasteiger partial charge in [0.2, 0.25) is 5.76 Å². The quantitative estimate of drug-likeness (QED) is 0.352. The zero-order valence-electron chi connectivity index (χ0n) is 19.2. The first-order valence-corrected chi connectivity index (χ1v) is 11.2. The number of benzene rings is 3. The van der Waals surface area contributed by atoms with E-state index in [4.69, 9.17) is 9.15 Å².